The number of ketones is 1. The quantitative estimate of drug-likeness (QED) is 0.0899. The second-order valence-corrected chi connectivity index (χ2v) is 18.6. The maximum Gasteiger partial charge on any atom is 0.408 e. The zero-order valence-corrected chi connectivity index (χ0v) is 39.0. The fourth-order valence-electron chi connectivity index (χ4n) is 7.37. The van der Waals surface area contributed by atoms with E-state index in [1.165, 1.54) is 17.0 Å². The highest BCUT2D eigenvalue weighted by Crippen LogP contribution is 2.31. The number of hydrogen-bond acceptors (Lipinski definition) is 13. The summed E-state index contributed by atoms with van der Waals surface area (Å²) in [5.74, 6) is -3.51. The minimum Gasteiger partial charge on any atom is -0.508 e. The maximum absolute atomic E-state index is 14.5. The lowest BCUT2D eigenvalue weighted by atomic mass is 9.95. The van der Waals surface area contributed by atoms with Gasteiger partial charge in [-0.2, -0.15) is 0 Å². The lowest BCUT2D eigenvalue weighted by molar-refractivity contribution is -0.134. The van der Waals surface area contributed by atoms with Gasteiger partial charge in [-0.05, 0) is 140 Å². The molecule has 3 rings (SSSR count). The number of carboxylic acid groups (broad SMARTS) is 1. The number of nitrogens with zero attached hydrogens (tertiary/aromatic N) is 1. The van der Waals surface area contributed by atoms with E-state index in [0.29, 0.717) is 30.4 Å². The third-order valence-electron chi connectivity index (χ3n) is 10.8. The Hall–Kier alpha value is -5.99. The zero-order chi connectivity index (χ0) is 49.4. The summed E-state index contributed by atoms with van der Waals surface area (Å²) in [6.45, 7) is 10.6. The van der Waals surface area contributed by atoms with Gasteiger partial charge in [-0.25, -0.2) is 9.59 Å². The van der Waals surface area contributed by atoms with Crippen molar-refractivity contribution in [3.8, 4) is 22.6 Å². The van der Waals surface area contributed by atoms with Gasteiger partial charge in [0.1, 0.15) is 47.1 Å². The number of phenols is 2. The number of Topliss-reactive ketones (excluding diaryl/α,β-unsaturated/α-hetero) is 1. The van der Waals surface area contributed by atoms with E-state index in [2.05, 4.69) is 26.6 Å². The van der Waals surface area contributed by atoms with Crippen LogP contribution < -0.4 is 43.8 Å². The number of nitrogens with one attached hydrogen (secondary N) is 5. The number of benzene rings is 2. The first kappa shape index (κ1) is 54.3. The molecule has 14 N–H and O–H groups in total. The van der Waals surface area contributed by atoms with Gasteiger partial charge in [0.25, 0.3) is 0 Å². The summed E-state index contributed by atoms with van der Waals surface area (Å²) in [5.41, 5.74) is 17.1. The number of phenolic OH excluding ortho intramolecular Hbond substituents is 2. The average Bonchev–Trinajstić information content (AvgIpc) is 3.21. The highest BCUT2D eigenvalue weighted by atomic mass is 16.6. The molecule has 366 valence electrons. The smallest absolute Gasteiger partial charge is 0.408 e. The van der Waals surface area contributed by atoms with Crippen molar-refractivity contribution in [2.24, 2.45) is 17.2 Å². The van der Waals surface area contributed by atoms with Crippen molar-refractivity contribution in [3.63, 3.8) is 0 Å². The Morgan fingerprint density at radius 3 is 2.03 bits per heavy atom. The van der Waals surface area contributed by atoms with Crippen LogP contribution in [-0.2, 0) is 41.6 Å². The van der Waals surface area contributed by atoms with Gasteiger partial charge in [0, 0.05) is 50.4 Å². The van der Waals surface area contributed by atoms with Gasteiger partial charge >= 0.3 is 12.2 Å². The van der Waals surface area contributed by atoms with Crippen molar-refractivity contribution in [2.45, 2.75) is 147 Å². The predicted molar refractivity (Wildman–Crippen MR) is 247 cm³/mol. The molecule has 0 saturated heterocycles. The highest BCUT2D eigenvalue weighted by Gasteiger charge is 2.34. The second kappa shape index (κ2) is 25.1. The lowest BCUT2D eigenvalue weighted by Gasteiger charge is -2.33. The van der Waals surface area contributed by atoms with E-state index >= 15 is 0 Å². The maximum atomic E-state index is 14.5. The Morgan fingerprint density at radius 2 is 1.47 bits per heavy atom. The van der Waals surface area contributed by atoms with Crippen molar-refractivity contribution in [1.29, 1.82) is 0 Å². The first-order chi connectivity index (χ1) is 30.9. The molecule has 0 unspecified atom stereocenters. The molecule has 1 aliphatic rings. The van der Waals surface area contributed by atoms with Gasteiger partial charge in [-0.3, -0.25) is 24.0 Å². The Labute approximate surface area is 386 Å². The van der Waals surface area contributed by atoms with Crippen LogP contribution in [0.2, 0.25) is 0 Å². The molecule has 0 aliphatic carbocycles. The first-order valence-electron chi connectivity index (χ1n) is 22.4. The van der Waals surface area contributed by atoms with Gasteiger partial charge in [0.15, 0.2) is 0 Å². The normalized spacial score (nSPS) is 17.7. The molecule has 5 atom stereocenters. The largest absolute Gasteiger partial charge is 0.508 e. The van der Waals surface area contributed by atoms with Gasteiger partial charge in [0.05, 0.1) is 0 Å². The Morgan fingerprint density at radius 1 is 0.848 bits per heavy atom. The van der Waals surface area contributed by atoms with Crippen molar-refractivity contribution < 1.29 is 53.6 Å². The van der Waals surface area contributed by atoms with E-state index < -0.39 is 77.2 Å². The summed E-state index contributed by atoms with van der Waals surface area (Å²) in [5, 5.41) is 45.6. The van der Waals surface area contributed by atoms with E-state index in [9.17, 15) is 48.9 Å². The number of amides is 6. The molecule has 20 nitrogen and oxygen atoms in total. The summed E-state index contributed by atoms with van der Waals surface area (Å²) in [7, 11) is 0. The van der Waals surface area contributed by atoms with E-state index in [0.717, 1.165) is 0 Å². The summed E-state index contributed by atoms with van der Waals surface area (Å²) in [6, 6.07) is 3.42. The van der Waals surface area contributed by atoms with Crippen LogP contribution >= 0.6 is 0 Å². The number of nitrogens with two attached hydrogens (primary N) is 3. The molecular formula is C46H71N9O11. The van der Waals surface area contributed by atoms with Gasteiger partial charge in [-0.1, -0.05) is 12.1 Å². The number of carbonyl (C=O) groups is 7. The van der Waals surface area contributed by atoms with Crippen molar-refractivity contribution in [2.75, 3.05) is 26.2 Å². The fraction of sp³-hybridized carbons (Fsp3) is 0.587. The number of rotatable bonds is 19. The number of ether oxygens (including phenoxy) is 1. The Bertz CT molecular complexity index is 2020. The molecule has 0 aromatic heterocycles. The van der Waals surface area contributed by atoms with E-state index in [-0.39, 0.29) is 99.5 Å². The third-order valence-corrected chi connectivity index (χ3v) is 10.8. The molecule has 0 fully saturated rings. The lowest BCUT2D eigenvalue weighted by Crippen LogP contribution is -2.59. The molecule has 0 saturated carbocycles. The average molecular weight is 926 g/mol. The first-order valence-corrected chi connectivity index (χ1v) is 22.4. The van der Waals surface area contributed by atoms with E-state index in [4.69, 9.17) is 21.9 Å². The number of alkyl carbamates (subject to hydrolysis) is 1. The molecule has 6 amide bonds. The predicted octanol–water partition coefficient (Wildman–Crippen LogP) is 2.04. The number of hydrogen-bond donors (Lipinski definition) is 11. The number of fused-ring (bicyclic) bond motifs is 5. The van der Waals surface area contributed by atoms with Crippen LogP contribution in [0, 0.1) is 0 Å². The SMILES string of the molecule is CC(C)(C)OC(=O)N[C@H]1Cc2cc(ccc2O)-c2ccc(O)c(c2)C[C@@H](C(=O)N[C@@H](CCCN)C(=O)NCCC[C@H](N)CC(=O)CCN)NC(=O)[C@H](CCCN(C(=O)O)C(C)(C)C)NC1=O. The topological polar surface area (TPSA) is 331 Å². The monoisotopic (exact) mass is 926 g/mol. The molecule has 1 aliphatic heterocycles. The van der Waals surface area contributed by atoms with Gasteiger partial charge in [0.2, 0.25) is 23.6 Å². The molecule has 66 heavy (non-hydrogen) atoms. The van der Waals surface area contributed by atoms with E-state index in [1.807, 2.05) is 0 Å². The minimum absolute atomic E-state index is 0.0421. The standard InChI is InChI=1S/C46H71N9O11/c1-45(2,3)55(44(64)65)21-9-12-34-40(60)53-35(41(61)51-33(11-7-18-47)39(59)50-20-8-10-31(49)26-32(56)17-19-48)24-29-22-27(13-15-37(29)57)28-14-16-38(58)30(23-28)25-36(42(62)52-34)54-43(63)66-46(4,5)6/h13-16,22-23,31,33-36,57-58H,7-12,17-21,24-26,47-49H2,1-6H3,(H,50,59)(H,51,61)(H,52,62)(H,53,60)(H,54,63)(H,64,65)/t31-,33-,34-,35-,36-/m0/s1. The third kappa shape index (κ3) is 17.8. The van der Waals surface area contributed by atoms with Gasteiger partial charge < -0.3 is 68.7 Å². The van der Waals surface area contributed by atoms with Crippen molar-refractivity contribution in [1.82, 2.24) is 31.5 Å². The van der Waals surface area contributed by atoms with Crippen LogP contribution in [0.15, 0.2) is 36.4 Å². The second-order valence-electron chi connectivity index (χ2n) is 18.6. The number of carbonyl (C=O) groups excluding carboxylic acids is 6. The molecule has 1 heterocycles. The zero-order valence-electron chi connectivity index (χ0n) is 39.0. The van der Waals surface area contributed by atoms with Gasteiger partial charge in [-0.15, -0.1) is 0 Å². The Kier molecular flexibility index (Phi) is 20.6. The highest BCUT2D eigenvalue weighted by molar-refractivity contribution is 5.95. The van der Waals surface area contributed by atoms with Crippen LogP contribution in [-0.4, -0.2) is 129 Å². The molecule has 0 spiro atoms. The van der Waals surface area contributed by atoms with Crippen molar-refractivity contribution in [3.05, 3.63) is 47.5 Å². The molecular weight excluding hydrogens is 855 g/mol. The molecule has 0 radical (unpaired) electrons. The minimum atomic E-state index is -1.46. The summed E-state index contributed by atoms with van der Waals surface area (Å²) >= 11 is 0. The summed E-state index contributed by atoms with van der Waals surface area (Å²) in [6.07, 6.45) is -1.05. The van der Waals surface area contributed by atoms with Crippen LogP contribution in [0.1, 0.15) is 104 Å². The molecule has 2 aromatic carbocycles. The molecule has 20 heteroatoms. The number of aromatic hydroxyl groups is 2. The van der Waals surface area contributed by atoms with E-state index in [1.54, 1.807) is 65.8 Å². The summed E-state index contributed by atoms with van der Waals surface area (Å²) < 4.78 is 5.45. The van der Waals surface area contributed by atoms with Crippen LogP contribution in [0.25, 0.3) is 11.1 Å². The molecule has 4 bridgehead atoms. The fourth-order valence-corrected chi connectivity index (χ4v) is 7.37. The summed E-state index contributed by atoms with van der Waals surface area (Å²) in [4.78, 5) is 95.2. The van der Waals surface area contributed by atoms with Crippen LogP contribution in [0.5, 0.6) is 11.5 Å². The van der Waals surface area contributed by atoms with Crippen LogP contribution in [0.3, 0.4) is 0 Å². The van der Waals surface area contributed by atoms with Crippen LogP contribution in [0.4, 0.5) is 9.59 Å². The Balaban J connectivity index is 2.07. The van der Waals surface area contributed by atoms with Crippen molar-refractivity contribution >= 4 is 41.6 Å². The molecule has 2 aromatic rings.